The van der Waals surface area contributed by atoms with Crippen LogP contribution in [0.2, 0.25) is 0 Å². The Labute approximate surface area is 166 Å². The molecule has 0 aliphatic heterocycles. The van der Waals surface area contributed by atoms with Gasteiger partial charge in [0.1, 0.15) is 6.10 Å². The Balaban J connectivity index is 3.08. The summed E-state index contributed by atoms with van der Waals surface area (Å²) in [4.78, 5) is 30.4. The first-order chi connectivity index (χ1) is 12.6. The van der Waals surface area contributed by atoms with Gasteiger partial charge in [0.25, 0.3) is 11.9 Å². The number of urea groups is 1. The third kappa shape index (κ3) is 6.87. The van der Waals surface area contributed by atoms with Gasteiger partial charge in [-0.3, -0.25) is 14.9 Å². The molecule has 160 valence electrons. The number of hydroxylamine groups is 2. The summed E-state index contributed by atoms with van der Waals surface area (Å²) in [5.74, 6) is -0.530. The topological polar surface area (TPSA) is 120 Å². The van der Waals surface area contributed by atoms with Gasteiger partial charge in [0.2, 0.25) is 5.89 Å². The number of carbonyl (C=O) groups excluding carboxylic acids is 2. The first-order valence-corrected chi connectivity index (χ1v) is 9.50. The lowest BCUT2D eigenvalue weighted by atomic mass is 9.96. The fourth-order valence-corrected chi connectivity index (χ4v) is 2.29. The average Bonchev–Trinajstić information content (AvgIpc) is 3.04. The molecule has 3 amide bonds. The summed E-state index contributed by atoms with van der Waals surface area (Å²) >= 11 is 0. The number of aromatic nitrogens is 2. The van der Waals surface area contributed by atoms with Gasteiger partial charge < -0.3 is 9.63 Å². The quantitative estimate of drug-likeness (QED) is 0.557. The van der Waals surface area contributed by atoms with E-state index in [4.69, 9.17) is 4.52 Å². The molecule has 1 aromatic heterocycles. The van der Waals surface area contributed by atoms with Crippen LogP contribution in [0.3, 0.4) is 0 Å². The third-order valence-corrected chi connectivity index (χ3v) is 3.85. The van der Waals surface area contributed by atoms with Gasteiger partial charge in [0.15, 0.2) is 0 Å². The Bertz CT molecular complexity index is 673. The van der Waals surface area contributed by atoms with Gasteiger partial charge in [0.05, 0.1) is 0 Å². The Hall–Kier alpha value is -2.00. The van der Waals surface area contributed by atoms with Crippen LogP contribution in [0.5, 0.6) is 0 Å². The second-order valence-electron chi connectivity index (χ2n) is 9.72. The van der Waals surface area contributed by atoms with E-state index >= 15 is 0 Å². The van der Waals surface area contributed by atoms with Crippen LogP contribution in [-0.4, -0.2) is 50.1 Å². The second-order valence-corrected chi connectivity index (χ2v) is 9.72. The smallest absolute Gasteiger partial charge is 0.358 e. The van der Waals surface area contributed by atoms with Crippen LogP contribution in [0.15, 0.2) is 4.52 Å². The van der Waals surface area contributed by atoms with E-state index in [0.717, 1.165) is 4.90 Å². The van der Waals surface area contributed by atoms with E-state index in [2.05, 4.69) is 10.1 Å². The number of rotatable bonds is 6. The molecule has 0 aromatic carbocycles. The van der Waals surface area contributed by atoms with Crippen LogP contribution >= 0.6 is 0 Å². The molecule has 0 aliphatic carbocycles. The van der Waals surface area contributed by atoms with Crippen LogP contribution in [0.25, 0.3) is 0 Å². The predicted molar refractivity (Wildman–Crippen MR) is 104 cm³/mol. The molecule has 0 radical (unpaired) electrons. The second kappa shape index (κ2) is 9.00. The number of hydrogen-bond donors (Lipinski definition) is 2. The molecular weight excluding hydrogens is 364 g/mol. The highest BCUT2D eigenvalue weighted by Crippen LogP contribution is 2.25. The van der Waals surface area contributed by atoms with Crippen molar-refractivity contribution >= 4 is 17.9 Å². The average molecular weight is 399 g/mol. The van der Waals surface area contributed by atoms with Crippen molar-refractivity contribution in [2.75, 3.05) is 11.4 Å². The third-order valence-electron chi connectivity index (χ3n) is 3.85. The molecule has 0 aliphatic rings. The lowest BCUT2D eigenvalue weighted by Gasteiger charge is -2.29. The van der Waals surface area contributed by atoms with Crippen LogP contribution in [0.4, 0.5) is 10.7 Å². The maximum Gasteiger partial charge on any atom is 0.358 e. The number of aliphatic hydroxyl groups excluding tert-OH is 1. The fourth-order valence-electron chi connectivity index (χ4n) is 2.29. The zero-order valence-electron chi connectivity index (χ0n) is 18.2. The van der Waals surface area contributed by atoms with Crippen molar-refractivity contribution in [1.82, 2.24) is 15.2 Å². The van der Waals surface area contributed by atoms with E-state index in [1.807, 2.05) is 55.4 Å². The van der Waals surface area contributed by atoms with E-state index in [-0.39, 0.29) is 35.3 Å². The summed E-state index contributed by atoms with van der Waals surface area (Å²) in [5, 5.41) is 23.9. The summed E-state index contributed by atoms with van der Waals surface area (Å²) in [6.07, 6.45) is -0.736. The molecule has 0 bridgehead atoms. The van der Waals surface area contributed by atoms with Crippen molar-refractivity contribution in [3.8, 4) is 0 Å². The molecule has 1 atom stereocenters. The van der Waals surface area contributed by atoms with E-state index in [9.17, 15) is 19.9 Å². The number of hydrogen-bond acceptors (Lipinski definition) is 7. The molecular formula is C19H34N4O5. The maximum absolute atomic E-state index is 12.8. The predicted octanol–water partition coefficient (Wildman–Crippen LogP) is 3.35. The number of carbonyl (C=O) groups is 2. The standard InChI is InChI=1S/C19H34N4O5/c1-12(2)9-10-13(24)14(25)23(27)17(26)22(11-18(3,4)5)16-20-15(28-21-16)19(6,7)8/h12-13,24,27H,9-11H2,1-8H3/t13-/m0/s1. The summed E-state index contributed by atoms with van der Waals surface area (Å²) < 4.78 is 5.24. The van der Waals surface area contributed by atoms with Gasteiger partial charge in [-0.15, -0.1) is 5.06 Å². The lowest BCUT2D eigenvalue weighted by molar-refractivity contribution is -0.162. The molecule has 0 saturated carbocycles. The number of amides is 3. The number of aliphatic hydroxyl groups is 1. The highest BCUT2D eigenvalue weighted by molar-refractivity contribution is 6.01. The molecule has 2 N–H and O–H groups in total. The van der Waals surface area contributed by atoms with Crippen molar-refractivity contribution in [2.45, 2.75) is 79.8 Å². The fraction of sp³-hybridized carbons (Fsp3) is 0.789. The number of imide groups is 1. The van der Waals surface area contributed by atoms with Crippen LogP contribution in [-0.2, 0) is 10.2 Å². The Morgan fingerprint density at radius 1 is 1.11 bits per heavy atom. The summed E-state index contributed by atoms with van der Waals surface area (Å²) in [7, 11) is 0. The van der Waals surface area contributed by atoms with Gasteiger partial charge in [-0.05, 0) is 29.3 Å². The Morgan fingerprint density at radius 3 is 2.11 bits per heavy atom. The zero-order valence-corrected chi connectivity index (χ0v) is 18.2. The van der Waals surface area contributed by atoms with E-state index in [0.29, 0.717) is 12.3 Å². The molecule has 9 heteroatoms. The highest BCUT2D eigenvalue weighted by atomic mass is 16.5. The minimum Gasteiger partial charge on any atom is -0.383 e. The van der Waals surface area contributed by atoms with E-state index in [1.165, 1.54) is 0 Å². The van der Waals surface area contributed by atoms with Gasteiger partial charge in [-0.25, -0.2) is 4.79 Å². The van der Waals surface area contributed by atoms with Gasteiger partial charge in [0, 0.05) is 12.0 Å². The molecule has 1 heterocycles. The number of nitrogens with zero attached hydrogens (tertiary/aromatic N) is 4. The molecule has 0 unspecified atom stereocenters. The van der Waals surface area contributed by atoms with Gasteiger partial charge >= 0.3 is 6.03 Å². The van der Waals surface area contributed by atoms with E-state index < -0.39 is 23.5 Å². The SMILES string of the molecule is CC(C)CC[C@H](O)C(=O)N(O)C(=O)N(CC(C)(C)C)c1noc(C(C)(C)C)n1. The van der Waals surface area contributed by atoms with Crippen molar-refractivity contribution in [3.63, 3.8) is 0 Å². The monoisotopic (exact) mass is 398 g/mol. The summed E-state index contributed by atoms with van der Waals surface area (Å²) in [6.45, 7) is 15.3. The number of anilines is 1. The highest BCUT2D eigenvalue weighted by Gasteiger charge is 2.35. The van der Waals surface area contributed by atoms with E-state index in [1.54, 1.807) is 0 Å². The van der Waals surface area contributed by atoms with Gasteiger partial charge in [-0.2, -0.15) is 4.98 Å². The Morgan fingerprint density at radius 2 is 1.68 bits per heavy atom. The van der Waals surface area contributed by atoms with Crippen molar-refractivity contribution in [1.29, 1.82) is 0 Å². The minimum atomic E-state index is -1.47. The van der Waals surface area contributed by atoms with Crippen molar-refractivity contribution in [2.24, 2.45) is 11.3 Å². The molecule has 28 heavy (non-hydrogen) atoms. The van der Waals surface area contributed by atoms with Crippen LogP contribution < -0.4 is 4.90 Å². The molecule has 9 nitrogen and oxygen atoms in total. The van der Waals surface area contributed by atoms with Crippen LogP contribution in [0.1, 0.15) is 74.1 Å². The lowest BCUT2D eigenvalue weighted by Crippen LogP contribution is -2.50. The largest absolute Gasteiger partial charge is 0.383 e. The minimum absolute atomic E-state index is 0.0478. The van der Waals surface area contributed by atoms with Crippen molar-refractivity contribution in [3.05, 3.63) is 5.89 Å². The van der Waals surface area contributed by atoms with Gasteiger partial charge in [-0.1, -0.05) is 55.4 Å². The first-order valence-electron chi connectivity index (χ1n) is 9.50. The maximum atomic E-state index is 12.8. The summed E-state index contributed by atoms with van der Waals surface area (Å²) in [6, 6.07) is -1.04. The van der Waals surface area contributed by atoms with Crippen LogP contribution in [0, 0.1) is 11.3 Å². The summed E-state index contributed by atoms with van der Waals surface area (Å²) in [5.41, 5.74) is -0.804. The molecule has 1 rings (SSSR count). The molecule has 0 saturated heterocycles. The van der Waals surface area contributed by atoms with Crippen molar-refractivity contribution < 1.29 is 24.4 Å². The first kappa shape index (κ1) is 24.0. The molecule has 0 spiro atoms. The Kier molecular flexibility index (Phi) is 7.73. The normalized spacial score (nSPS) is 13.5. The zero-order chi connectivity index (χ0) is 21.9. The molecule has 1 aromatic rings. The molecule has 0 fully saturated rings.